The molecule has 0 radical (unpaired) electrons. The van der Waals surface area contributed by atoms with E-state index >= 15 is 0 Å². The van der Waals surface area contributed by atoms with Gasteiger partial charge in [-0.2, -0.15) is 0 Å². The number of carbonyl (C=O) groups excluding carboxylic acids is 2. The molecule has 1 aliphatic heterocycles. The summed E-state index contributed by atoms with van der Waals surface area (Å²) in [6, 6.07) is -0.248. The summed E-state index contributed by atoms with van der Waals surface area (Å²) in [5, 5.41) is 2.82. The third-order valence-electron chi connectivity index (χ3n) is 3.53. The number of amides is 2. The van der Waals surface area contributed by atoms with Crippen molar-refractivity contribution in [2.24, 2.45) is 0 Å². The van der Waals surface area contributed by atoms with Crippen LogP contribution in [-0.2, 0) is 9.59 Å². The van der Waals surface area contributed by atoms with Crippen LogP contribution < -0.4 is 5.32 Å². The van der Waals surface area contributed by atoms with Crippen LogP contribution in [0.2, 0.25) is 0 Å². The van der Waals surface area contributed by atoms with Gasteiger partial charge in [-0.3, -0.25) is 9.59 Å². The van der Waals surface area contributed by atoms with Crippen molar-refractivity contribution in [2.45, 2.75) is 64.8 Å². The molecule has 0 spiro atoms. The van der Waals surface area contributed by atoms with Crippen molar-refractivity contribution in [1.82, 2.24) is 10.2 Å². The van der Waals surface area contributed by atoms with Crippen molar-refractivity contribution in [1.29, 1.82) is 0 Å². The van der Waals surface area contributed by atoms with Crippen LogP contribution in [0.5, 0.6) is 0 Å². The molecule has 0 aromatic rings. The van der Waals surface area contributed by atoms with Crippen LogP contribution in [0.4, 0.5) is 0 Å². The van der Waals surface area contributed by atoms with Crippen LogP contribution >= 0.6 is 0 Å². The minimum absolute atomic E-state index is 0.00285. The predicted molar refractivity (Wildman–Crippen MR) is 72.2 cm³/mol. The largest absolute Gasteiger partial charge is 0.353 e. The van der Waals surface area contributed by atoms with Crippen LogP contribution in [0, 0.1) is 0 Å². The first-order chi connectivity index (χ1) is 8.70. The van der Waals surface area contributed by atoms with Gasteiger partial charge in [0.05, 0.1) is 0 Å². The summed E-state index contributed by atoms with van der Waals surface area (Å²) >= 11 is 0. The van der Waals surface area contributed by atoms with Gasteiger partial charge >= 0.3 is 0 Å². The second-order valence-corrected chi connectivity index (χ2v) is 4.97. The smallest absolute Gasteiger partial charge is 0.242 e. The summed E-state index contributed by atoms with van der Waals surface area (Å²) in [6.45, 7) is 5.40. The summed E-state index contributed by atoms with van der Waals surface area (Å²) in [5.74, 6) is 0.149. The Labute approximate surface area is 110 Å². The standard InChI is InChI=1S/C14H26N2O2/c1-3-5-6-7-8-9-13(17)16-11-10-15-14(18)12(16)4-2/h12H,3-11H2,1-2H3,(H,15,18). The molecule has 18 heavy (non-hydrogen) atoms. The summed E-state index contributed by atoms with van der Waals surface area (Å²) in [5.41, 5.74) is 0. The lowest BCUT2D eigenvalue weighted by Crippen LogP contribution is -2.56. The predicted octanol–water partition coefficient (Wildman–Crippen LogP) is 2.08. The Morgan fingerprint density at radius 2 is 2.00 bits per heavy atom. The van der Waals surface area contributed by atoms with E-state index in [1.165, 1.54) is 19.3 Å². The topological polar surface area (TPSA) is 49.4 Å². The monoisotopic (exact) mass is 254 g/mol. The van der Waals surface area contributed by atoms with Gasteiger partial charge in [-0.15, -0.1) is 0 Å². The third-order valence-corrected chi connectivity index (χ3v) is 3.53. The first kappa shape index (κ1) is 15.0. The van der Waals surface area contributed by atoms with Crippen molar-refractivity contribution in [3.05, 3.63) is 0 Å². The Kier molecular flexibility index (Phi) is 6.76. The number of hydrogen-bond acceptors (Lipinski definition) is 2. The van der Waals surface area contributed by atoms with Gasteiger partial charge in [-0.1, -0.05) is 39.5 Å². The third kappa shape index (κ3) is 4.31. The molecule has 0 bridgehead atoms. The molecule has 0 aromatic carbocycles. The van der Waals surface area contributed by atoms with Crippen molar-refractivity contribution >= 4 is 11.8 Å². The van der Waals surface area contributed by atoms with Crippen LogP contribution in [-0.4, -0.2) is 35.8 Å². The number of piperazine rings is 1. The molecule has 0 aliphatic carbocycles. The van der Waals surface area contributed by atoms with E-state index < -0.39 is 0 Å². The maximum atomic E-state index is 12.1. The fourth-order valence-electron chi connectivity index (χ4n) is 2.44. The first-order valence-electron chi connectivity index (χ1n) is 7.27. The van der Waals surface area contributed by atoms with E-state index in [0.717, 1.165) is 12.8 Å². The summed E-state index contributed by atoms with van der Waals surface area (Å²) in [6.07, 6.45) is 7.04. The highest BCUT2D eigenvalue weighted by molar-refractivity contribution is 5.88. The molecule has 4 heteroatoms. The van der Waals surface area contributed by atoms with Gasteiger partial charge in [0.15, 0.2) is 0 Å². The van der Waals surface area contributed by atoms with E-state index in [2.05, 4.69) is 12.2 Å². The molecule has 1 atom stereocenters. The van der Waals surface area contributed by atoms with E-state index in [1.54, 1.807) is 4.90 Å². The number of hydrogen-bond donors (Lipinski definition) is 1. The molecule has 1 heterocycles. The summed E-state index contributed by atoms with van der Waals surface area (Å²) in [4.78, 5) is 25.5. The molecule has 1 N–H and O–H groups in total. The minimum Gasteiger partial charge on any atom is -0.353 e. The number of unbranched alkanes of at least 4 members (excludes halogenated alkanes) is 4. The van der Waals surface area contributed by atoms with Gasteiger partial charge in [-0.25, -0.2) is 0 Å². The Morgan fingerprint density at radius 3 is 2.67 bits per heavy atom. The maximum absolute atomic E-state index is 12.1. The van der Waals surface area contributed by atoms with E-state index in [1.807, 2.05) is 6.92 Å². The molecule has 104 valence electrons. The average molecular weight is 254 g/mol. The van der Waals surface area contributed by atoms with Gasteiger partial charge < -0.3 is 10.2 Å². The second-order valence-electron chi connectivity index (χ2n) is 4.97. The Bertz CT molecular complexity index is 279. The number of rotatable bonds is 7. The van der Waals surface area contributed by atoms with E-state index in [9.17, 15) is 9.59 Å². The van der Waals surface area contributed by atoms with Gasteiger partial charge in [-0.05, 0) is 12.8 Å². The molecule has 0 aromatic heterocycles. The van der Waals surface area contributed by atoms with Crippen molar-refractivity contribution in [3.8, 4) is 0 Å². The first-order valence-corrected chi connectivity index (χ1v) is 7.27. The molecule has 1 saturated heterocycles. The van der Waals surface area contributed by atoms with Crippen LogP contribution in [0.25, 0.3) is 0 Å². The molecule has 1 aliphatic rings. The Morgan fingerprint density at radius 1 is 1.28 bits per heavy atom. The molecule has 4 nitrogen and oxygen atoms in total. The number of carbonyl (C=O) groups is 2. The zero-order valence-electron chi connectivity index (χ0n) is 11.7. The highest BCUT2D eigenvalue weighted by Crippen LogP contribution is 2.13. The summed E-state index contributed by atoms with van der Waals surface area (Å²) in [7, 11) is 0. The average Bonchev–Trinajstić information content (AvgIpc) is 2.38. The zero-order valence-corrected chi connectivity index (χ0v) is 11.7. The van der Waals surface area contributed by atoms with E-state index in [-0.39, 0.29) is 17.9 Å². The van der Waals surface area contributed by atoms with Gasteiger partial charge in [0, 0.05) is 19.5 Å². The Hall–Kier alpha value is -1.06. The normalized spacial score (nSPS) is 19.8. The van der Waals surface area contributed by atoms with E-state index in [4.69, 9.17) is 0 Å². The lowest BCUT2D eigenvalue weighted by atomic mass is 10.1. The van der Waals surface area contributed by atoms with Crippen molar-refractivity contribution < 1.29 is 9.59 Å². The van der Waals surface area contributed by atoms with Crippen LogP contribution in [0.1, 0.15) is 58.8 Å². The van der Waals surface area contributed by atoms with Gasteiger partial charge in [0.25, 0.3) is 0 Å². The molecule has 1 rings (SSSR count). The highest BCUT2D eigenvalue weighted by Gasteiger charge is 2.30. The quantitative estimate of drug-likeness (QED) is 0.707. The number of nitrogens with one attached hydrogen (secondary N) is 1. The van der Waals surface area contributed by atoms with E-state index in [0.29, 0.717) is 25.9 Å². The molecule has 1 fully saturated rings. The fourth-order valence-corrected chi connectivity index (χ4v) is 2.44. The fraction of sp³-hybridized carbons (Fsp3) is 0.857. The lowest BCUT2D eigenvalue weighted by molar-refractivity contribution is -0.143. The maximum Gasteiger partial charge on any atom is 0.242 e. The van der Waals surface area contributed by atoms with Crippen LogP contribution in [0.3, 0.4) is 0 Å². The summed E-state index contributed by atoms with van der Waals surface area (Å²) < 4.78 is 0. The van der Waals surface area contributed by atoms with Crippen LogP contribution in [0.15, 0.2) is 0 Å². The molecular formula is C14H26N2O2. The highest BCUT2D eigenvalue weighted by atomic mass is 16.2. The molecule has 0 saturated carbocycles. The lowest BCUT2D eigenvalue weighted by Gasteiger charge is -2.34. The van der Waals surface area contributed by atoms with Gasteiger partial charge in [0.1, 0.15) is 6.04 Å². The SMILES string of the molecule is CCCCCCCC(=O)N1CCNC(=O)C1CC. The Balaban J connectivity index is 2.32. The van der Waals surface area contributed by atoms with Crippen molar-refractivity contribution in [3.63, 3.8) is 0 Å². The second kappa shape index (κ2) is 8.11. The molecule has 2 amide bonds. The molecular weight excluding hydrogens is 228 g/mol. The van der Waals surface area contributed by atoms with Gasteiger partial charge in [0.2, 0.25) is 11.8 Å². The zero-order chi connectivity index (χ0) is 13.4. The molecule has 1 unspecified atom stereocenters. The van der Waals surface area contributed by atoms with Crippen molar-refractivity contribution in [2.75, 3.05) is 13.1 Å². The minimum atomic E-state index is -0.248. The number of nitrogens with zero attached hydrogens (tertiary/aromatic N) is 1.